The lowest BCUT2D eigenvalue weighted by Crippen LogP contribution is -2.28. The Morgan fingerprint density at radius 3 is 2.41 bits per heavy atom. The SMILES string of the molecule is CNS(=O)(=O)c1ccc(F)c(C(=O)OCC(=O)NCc2ccc(C)cc2)c1. The first-order chi connectivity index (χ1) is 12.7. The number of ether oxygens (including phenoxy) is 1. The van der Waals surface area contributed by atoms with Crippen LogP contribution in [0, 0.1) is 12.7 Å². The molecule has 0 spiro atoms. The lowest BCUT2D eigenvalue weighted by atomic mass is 10.1. The van der Waals surface area contributed by atoms with Crippen LogP contribution in [0.3, 0.4) is 0 Å². The minimum Gasteiger partial charge on any atom is -0.452 e. The molecule has 0 aliphatic carbocycles. The lowest BCUT2D eigenvalue weighted by molar-refractivity contribution is -0.124. The Balaban J connectivity index is 1.96. The van der Waals surface area contributed by atoms with Gasteiger partial charge in [-0.05, 0) is 37.7 Å². The molecule has 2 aromatic carbocycles. The molecule has 2 aromatic rings. The van der Waals surface area contributed by atoms with Crippen molar-refractivity contribution in [3.63, 3.8) is 0 Å². The third kappa shape index (κ3) is 5.60. The normalized spacial score (nSPS) is 11.1. The van der Waals surface area contributed by atoms with Gasteiger partial charge in [0.2, 0.25) is 10.0 Å². The van der Waals surface area contributed by atoms with E-state index in [9.17, 15) is 22.4 Å². The zero-order chi connectivity index (χ0) is 20.0. The Kier molecular flexibility index (Phi) is 6.65. The number of carbonyl (C=O) groups is 2. The number of hydrogen-bond donors (Lipinski definition) is 2. The van der Waals surface area contributed by atoms with Crippen molar-refractivity contribution in [3.05, 3.63) is 65.0 Å². The fraction of sp³-hybridized carbons (Fsp3) is 0.222. The first-order valence-corrected chi connectivity index (χ1v) is 9.43. The monoisotopic (exact) mass is 394 g/mol. The first kappa shape index (κ1) is 20.5. The minimum absolute atomic E-state index is 0.251. The summed E-state index contributed by atoms with van der Waals surface area (Å²) < 4.78 is 44.1. The predicted octanol–water partition coefficient (Wildman–Crippen LogP) is 1.52. The van der Waals surface area contributed by atoms with E-state index in [4.69, 9.17) is 4.74 Å². The van der Waals surface area contributed by atoms with Crippen molar-refractivity contribution in [2.75, 3.05) is 13.7 Å². The maximum Gasteiger partial charge on any atom is 0.341 e. The van der Waals surface area contributed by atoms with Gasteiger partial charge in [-0.1, -0.05) is 29.8 Å². The van der Waals surface area contributed by atoms with Gasteiger partial charge in [0, 0.05) is 6.54 Å². The van der Waals surface area contributed by atoms with Crippen LogP contribution < -0.4 is 10.0 Å². The van der Waals surface area contributed by atoms with Crippen LogP contribution in [0.25, 0.3) is 0 Å². The van der Waals surface area contributed by atoms with Gasteiger partial charge in [0.15, 0.2) is 6.61 Å². The highest BCUT2D eigenvalue weighted by atomic mass is 32.2. The zero-order valence-electron chi connectivity index (χ0n) is 14.8. The fourth-order valence-electron chi connectivity index (χ4n) is 2.11. The number of amides is 1. The molecule has 27 heavy (non-hydrogen) atoms. The number of nitrogens with one attached hydrogen (secondary N) is 2. The second-order valence-corrected chi connectivity index (χ2v) is 7.57. The molecule has 1 amide bonds. The van der Waals surface area contributed by atoms with Crippen LogP contribution in [0.1, 0.15) is 21.5 Å². The predicted molar refractivity (Wildman–Crippen MR) is 96.0 cm³/mol. The van der Waals surface area contributed by atoms with E-state index in [1.807, 2.05) is 31.2 Å². The number of rotatable bonds is 7. The van der Waals surface area contributed by atoms with Crippen LogP contribution >= 0.6 is 0 Å². The molecule has 0 saturated carbocycles. The first-order valence-electron chi connectivity index (χ1n) is 7.95. The van der Waals surface area contributed by atoms with Gasteiger partial charge in [-0.15, -0.1) is 0 Å². The van der Waals surface area contributed by atoms with E-state index in [1.54, 1.807) is 0 Å². The Morgan fingerprint density at radius 1 is 1.11 bits per heavy atom. The van der Waals surface area contributed by atoms with E-state index in [0.717, 1.165) is 29.3 Å². The highest BCUT2D eigenvalue weighted by Crippen LogP contribution is 2.16. The Hall–Kier alpha value is -2.78. The fourth-order valence-corrected chi connectivity index (χ4v) is 2.87. The highest BCUT2D eigenvalue weighted by molar-refractivity contribution is 7.89. The number of esters is 1. The minimum atomic E-state index is -3.85. The zero-order valence-corrected chi connectivity index (χ0v) is 15.6. The van der Waals surface area contributed by atoms with Gasteiger partial charge in [0.25, 0.3) is 5.91 Å². The van der Waals surface area contributed by atoms with Crippen LogP contribution in [0.2, 0.25) is 0 Å². The van der Waals surface area contributed by atoms with Gasteiger partial charge < -0.3 is 10.1 Å². The average molecular weight is 394 g/mol. The highest BCUT2D eigenvalue weighted by Gasteiger charge is 2.20. The van der Waals surface area contributed by atoms with E-state index in [-0.39, 0.29) is 11.4 Å². The smallest absolute Gasteiger partial charge is 0.341 e. The van der Waals surface area contributed by atoms with Crippen LogP contribution in [0.5, 0.6) is 0 Å². The molecule has 0 aromatic heterocycles. The van der Waals surface area contributed by atoms with E-state index in [0.29, 0.717) is 0 Å². The molecule has 9 heteroatoms. The maximum absolute atomic E-state index is 13.8. The molecule has 2 rings (SSSR count). The number of hydrogen-bond acceptors (Lipinski definition) is 5. The number of sulfonamides is 1. The third-order valence-corrected chi connectivity index (χ3v) is 5.09. The third-order valence-electron chi connectivity index (χ3n) is 3.68. The van der Waals surface area contributed by atoms with Crippen molar-refractivity contribution in [3.8, 4) is 0 Å². The number of halogens is 1. The van der Waals surface area contributed by atoms with Crippen molar-refractivity contribution < 1.29 is 27.1 Å². The summed E-state index contributed by atoms with van der Waals surface area (Å²) in [5.74, 6) is -2.65. The molecule has 0 saturated heterocycles. The van der Waals surface area contributed by atoms with Crippen molar-refractivity contribution >= 4 is 21.9 Å². The van der Waals surface area contributed by atoms with E-state index in [1.165, 1.54) is 7.05 Å². The van der Waals surface area contributed by atoms with Crippen LogP contribution in [0.4, 0.5) is 4.39 Å². The van der Waals surface area contributed by atoms with E-state index in [2.05, 4.69) is 10.0 Å². The molecule has 0 aliphatic heterocycles. The molecular formula is C18H19FN2O5S. The largest absolute Gasteiger partial charge is 0.452 e. The van der Waals surface area contributed by atoms with Crippen LogP contribution in [0.15, 0.2) is 47.4 Å². The molecule has 0 aliphatic rings. The van der Waals surface area contributed by atoms with E-state index < -0.39 is 39.9 Å². The Morgan fingerprint density at radius 2 is 1.78 bits per heavy atom. The summed E-state index contributed by atoms with van der Waals surface area (Å²) in [5, 5.41) is 2.57. The van der Waals surface area contributed by atoms with Crippen molar-refractivity contribution in [2.24, 2.45) is 0 Å². The molecule has 0 radical (unpaired) electrons. The molecule has 0 atom stereocenters. The molecule has 0 unspecified atom stereocenters. The summed E-state index contributed by atoms with van der Waals surface area (Å²) in [6.07, 6.45) is 0. The van der Waals surface area contributed by atoms with Gasteiger partial charge in [-0.25, -0.2) is 22.3 Å². The number of carbonyl (C=O) groups excluding carboxylic acids is 2. The van der Waals surface area contributed by atoms with Gasteiger partial charge in [-0.3, -0.25) is 4.79 Å². The van der Waals surface area contributed by atoms with Crippen molar-refractivity contribution in [1.82, 2.24) is 10.0 Å². The summed E-state index contributed by atoms with van der Waals surface area (Å²) >= 11 is 0. The summed E-state index contributed by atoms with van der Waals surface area (Å²) in [6.45, 7) is 1.58. The van der Waals surface area contributed by atoms with Gasteiger partial charge in [0.1, 0.15) is 5.82 Å². The van der Waals surface area contributed by atoms with Gasteiger partial charge in [0.05, 0.1) is 10.5 Å². The van der Waals surface area contributed by atoms with Crippen LogP contribution in [-0.4, -0.2) is 33.9 Å². The van der Waals surface area contributed by atoms with E-state index >= 15 is 0 Å². The molecule has 2 N–H and O–H groups in total. The lowest BCUT2D eigenvalue weighted by Gasteiger charge is -2.09. The van der Waals surface area contributed by atoms with Crippen molar-refractivity contribution in [1.29, 1.82) is 0 Å². The summed E-state index contributed by atoms with van der Waals surface area (Å²) in [4.78, 5) is 23.5. The molecule has 144 valence electrons. The number of benzene rings is 2. The Labute approximate surface area is 156 Å². The Bertz CT molecular complexity index is 943. The topological polar surface area (TPSA) is 102 Å². The molecule has 7 nitrogen and oxygen atoms in total. The standard InChI is InChI=1S/C18H19FN2O5S/c1-12-3-5-13(6-4-12)10-21-17(22)11-26-18(23)15-9-14(7-8-16(15)19)27(24,25)20-2/h3-9,20H,10-11H2,1-2H3,(H,21,22). The summed E-state index contributed by atoms with van der Waals surface area (Å²) in [6, 6.07) is 10.2. The van der Waals surface area contributed by atoms with Gasteiger partial charge in [-0.2, -0.15) is 0 Å². The van der Waals surface area contributed by atoms with Crippen LogP contribution in [-0.2, 0) is 26.1 Å². The molecule has 0 fully saturated rings. The molecule has 0 heterocycles. The molecule has 0 bridgehead atoms. The summed E-state index contributed by atoms with van der Waals surface area (Å²) in [7, 11) is -2.66. The van der Waals surface area contributed by atoms with Gasteiger partial charge >= 0.3 is 5.97 Å². The maximum atomic E-state index is 13.8. The average Bonchev–Trinajstić information content (AvgIpc) is 2.65. The number of aryl methyl sites for hydroxylation is 1. The second kappa shape index (κ2) is 8.74. The molecular weight excluding hydrogens is 375 g/mol. The summed E-state index contributed by atoms with van der Waals surface area (Å²) in [5.41, 5.74) is 1.39. The quantitative estimate of drug-likeness (QED) is 0.694. The second-order valence-electron chi connectivity index (χ2n) is 5.69. The van der Waals surface area contributed by atoms with Crippen molar-refractivity contribution in [2.45, 2.75) is 18.4 Å².